The van der Waals surface area contributed by atoms with Crippen LogP contribution in [0.5, 0.6) is 11.5 Å². The molecule has 2 N–H and O–H groups in total. The van der Waals surface area contributed by atoms with Crippen molar-refractivity contribution >= 4 is 62.6 Å². The zero-order chi connectivity index (χ0) is 32.4. The van der Waals surface area contributed by atoms with Crippen molar-refractivity contribution in [2.24, 2.45) is 13.0 Å². The van der Waals surface area contributed by atoms with Gasteiger partial charge in [0.1, 0.15) is 30.0 Å². The first-order chi connectivity index (χ1) is 22.1. The molecule has 0 aliphatic carbocycles. The minimum atomic E-state index is -2.76. The van der Waals surface area contributed by atoms with Gasteiger partial charge in [0.05, 0.1) is 46.6 Å². The number of methoxy groups -OCH3 is 1. The number of nitrogens with one attached hydrogen (secondary N) is 2. The van der Waals surface area contributed by atoms with E-state index in [0.29, 0.717) is 62.2 Å². The van der Waals surface area contributed by atoms with Gasteiger partial charge in [-0.1, -0.05) is 0 Å². The molecule has 0 bridgehead atoms. The van der Waals surface area contributed by atoms with Gasteiger partial charge in [-0.2, -0.15) is 10.1 Å². The molecule has 4 heterocycles. The van der Waals surface area contributed by atoms with Crippen molar-refractivity contribution in [3.8, 4) is 22.6 Å². The van der Waals surface area contributed by atoms with Crippen LogP contribution < -0.4 is 25.4 Å². The van der Waals surface area contributed by atoms with Crippen molar-refractivity contribution in [3.63, 3.8) is 0 Å². The van der Waals surface area contributed by atoms with E-state index in [1.54, 1.807) is 43.7 Å². The van der Waals surface area contributed by atoms with E-state index in [1.165, 1.54) is 0 Å². The molecule has 0 unspecified atom stereocenters. The normalized spacial score (nSPS) is 14.4. The van der Waals surface area contributed by atoms with Crippen LogP contribution in [0.25, 0.3) is 22.2 Å². The quantitative estimate of drug-likeness (QED) is 0.165. The highest BCUT2D eigenvalue weighted by Gasteiger charge is 2.23. The Kier molecular flexibility index (Phi) is 9.26. The van der Waals surface area contributed by atoms with E-state index in [2.05, 4.69) is 58.6 Å². The van der Waals surface area contributed by atoms with E-state index in [4.69, 9.17) is 14.5 Å². The molecule has 1 fully saturated rings. The van der Waals surface area contributed by atoms with Crippen LogP contribution in [0.3, 0.4) is 0 Å². The number of anilines is 4. The van der Waals surface area contributed by atoms with Gasteiger partial charge in [0.25, 0.3) is 0 Å². The van der Waals surface area contributed by atoms with Gasteiger partial charge in [-0.25, -0.2) is 4.98 Å². The molecule has 1 saturated heterocycles. The zero-order valence-corrected chi connectivity index (χ0v) is 29.0. The maximum Gasteiger partial charge on any atom is 0.229 e. The van der Waals surface area contributed by atoms with Gasteiger partial charge in [0.15, 0.2) is 0 Å². The molecular formula is C32H37BrN9O3P. The Morgan fingerprint density at radius 2 is 1.78 bits per heavy atom. The molecule has 0 radical (unpaired) electrons. The lowest BCUT2D eigenvalue weighted by Gasteiger charge is -2.29. The lowest BCUT2D eigenvalue weighted by molar-refractivity contribution is 0.160. The number of piperidine rings is 1. The Hall–Kier alpha value is -4.06. The molecule has 1 aliphatic heterocycles. The molecule has 0 atom stereocenters. The second kappa shape index (κ2) is 13.4. The Morgan fingerprint density at radius 3 is 2.50 bits per heavy atom. The van der Waals surface area contributed by atoms with Gasteiger partial charge in [-0.3, -0.25) is 14.6 Å². The van der Waals surface area contributed by atoms with E-state index >= 15 is 0 Å². The minimum Gasteiger partial charge on any atom is -0.494 e. The summed E-state index contributed by atoms with van der Waals surface area (Å²) in [5.41, 5.74) is 4.36. The Morgan fingerprint density at radius 1 is 1.00 bits per heavy atom. The second-order valence-corrected chi connectivity index (χ2v) is 15.9. The first-order valence-electron chi connectivity index (χ1n) is 15.0. The van der Waals surface area contributed by atoms with Crippen LogP contribution in [-0.4, -0.2) is 81.8 Å². The van der Waals surface area contributed by atoms with Crippen molar-refractivity contribution in [3.05, 3.63) is 59.7 Å². The SMILES string of the molecule is COc1cc(OCC2CCN(C)CC2)c(-c2cnn(C)c2)cc1Nc1ncc(Br)c(Nc2ccc3nccnc3c2P(C)(C)=O)n1. The number of benzene rings is 2. The summed E-state index contributed by atoms with van der Waals surface area (Å²) in [4.78, 5) is 20.5. The Bertz CT molecular complexity index is 1920. The van der Waals surface area contributed by atoms with Crippen LogP contribution in [-0.2, 0) is 11.6 Å². The summed E-state index contributed by atoms with van der Waals surface area (Å²) in [5, 5.41) is 11.7. The number of ether oxygens (including phenoxy) is 2. The number of hydrogen-bond donors (Lipinski definition) is 2. The summed E-state index contributed by atoms with van der Waals surface area (Å²) in [7, 11) is 2.91. The van der Waals surface area contributed by atoms with E-state index in [1.807, 2.05) is 43.7 Å². The van der Waals surface area contributed by atoms with Gasteiger partial charge < -0.3 is 29.6 Å². The highest BCUT2D eigenvalue weighted by Crippen LogP contribution is 2.42. The van der Waals surface area contributed by atoms with Crippen molar-refractivity contribution < 1.29 is 14.0 Å². The van der Waals surface area contributed by atoms with Crippen molar-refractivity contribution in [2.75, 3.05) is 57.8 Å². The molecular weight excluding hydrogens is 669 g/mol. The monoisotopic (exact) mass is 705 g/mol. The molecule has 1 aliphatic rings. The van der Waals surface area contributed by atoms with Crippen molar-refractivity contribution in [1.82, 2.24) is 34.6 Å². The Labute approximate surface area is 276 Å². The van der Waals surface area contributed by atoms with Crippen LogP contribution in [0, 0.1) is 5.92 Å². The van der Waals surface area contributed by atoms with E-state index in [0.717, 1.165) is 42.8 Å². The largest absolute Gasteiger partial charge is 0.494 e. The molecule has 2 aromatic carbocycles. The summed E-state index contributed by atoms with van der Waals surface area (Å²) < 4.78 is 28.1. The molecule has 0 spiro atoms. The van der Waals surface area contributed by atoms with Crippen molar-refractivity contribution in [2.45, 2.75) is 12.8 Å². The predicted molar refractivity (Wildman–Crippen MR) is 186 cm³/mol. The maximum atomic E-state index is 13.4. The third kappa shape index (κ3) is 7.01. The number of fused-ring (bicyclic) bond motifs is 1. The third-order valence-corrected chi connectivity index (χ3v) is 10.1. The van der Waals surface area contributed by atoms with E-state index < -0.39 is 7.14 Å². The van der Waals surface area contributed by atoms with Crippen LogP contribution >= 0.6 is 23.1 Å². The molecule has 240 valence electrons. The molecule has 6 rings (SSSR count). The number of nitrogens with zero attached hydrogens (tertiary/aromatic N) is 7. The van der Waals surface area contributed by atoms with Gasteiger partial charge in [0.2, 0.25) is 5.95 Å². The second-order valence-electron chi connectivity index (χ2n) is 11.9. The summed E-state index contributed by atoms with van der Waals surface area (Å²) >= 11 is 3.57. The summed E-state index contributed by atoms with van der Waals surface area (Å²) in [6, 6.07) is 7.57. The van der Waals surface area contributed by atoms with E-state index in [-0.39, 0.29) is 0 Å². The molecule has 0 saturated carbocycles. The number of aryl methyl sites for hydroxylation is 1. The number of rotatable bonds is 10. The first-order valence-corrected chi connectivity index (χ1v) is 18.4. The average molecular weight is 707 g/mol. The number of hydrogen-bond acceptors (Lipinski definition) is 11. The van der Waals surface area contributed by atoms with Gasteiger partial charge in [0, 0.05) is 49.0 Å². The first kappa shape index (κ1) is 31.9. The molecule has 3 aromatic heterocycles. The summed E-state index contributed by atoms with van der Waals surface area (Å²) in [6.45, 7) is 6.22. The fourth-order valence-corrected chi connectivity index (χ4v) is 7.28. The predicted octanol–water partition coefficient (Wildman–Crippen LogP) is 6.05. The number of aromatic nitrogens is 6. The van der Waals surface area contributed by atoms with Crippen LogP contribution in [0.15, 0.2) is 59.7 Å². The molecule has 46 heavy (non-hydrogen) atoms. The lowest BCUT2D eigenvalue weighted by Crippen LogP contribution is -2.32. The van der Waals surface area contributed by atoms with Crippen LogP contribution in [0.4, 0.5) is 23.1 Å². The molecule has 5 aromatic rings. The fourth-order valence-electron chi connectivity index (χ4n) is 5.60. The Balaban J connectivity index is 1.32. The highest BCUT2D eigenvalue weighted by molar-refractivity contribution is 9.10. The highest BCUT2D eigenvalue weighted by atomic mass is 79.9. The fraction of sp³-hybridized carbons (Fsp3) is 0.344. The summed E-state index contributed by atoms with van der Waals surface area (Å²) in [6.07, 6.45) is 10.9. The topological polar surface area (TPSA) is 132 Å². The minimum absolute atomic E-state index is 0.333. The lowest BCUT2D eigenvalue weighted by atomic mass is 9.98. The van der Waals surface area contributed by atoms with Gasteiger partial charge in [-0.05, 0) is 86.4 Å². The smallest absolute Gasteiger partial charge is 0.229 e. The standard InChI is InChI=1S/C32H37BrN9O3P/c1-41-12-8-20(9-13-41)19-45-27-15-28(44-3)26(14-22(27)21-16-37-42(2)18-21)39-32-36-17-23(33)31(40-32)38-25-7-6-24-29(35-11-10-34-24)30(25)46(4,5)43/h6-7,10-11,14-18,20H,8-9,12-13,19H2,1-5H3,(H2,36,38,39,40). The zero-order valence-electron chi connectivity index (χ0n) is 26.5. The number of likely N-dealkylation sites (tertiary alicyclic amines) is 1. The maximum absolute atomic E-state index is 13.4. The molecule has 14 heteroatoms. The van der Waals surface area contributed by atoms with Crippen LogP contribution in [0.1, 0.15) is 12.8 Å². The van der Waals surface area contributed by atoms with E-state index in [9.17, 15) is 4.57 Å². The third-order valence-electron chi connectivity index (χ3n) is 8.03. The van der Waals surface area contributed by atoms with Crippen LogP contribution in [0.2, 0.25) is 0 Å². The molecule has 12 nitrogen and oxygen atoms in total. The number of halogens is 1. The average Bonchev–Trinajstić information content (AvgIpc) is 3.47. The van der Waals surface area contributed by atoms with Crippen molar-refractivity contribution in [1.29, 1.82) is 0 Å². The summed E-state index contributed by atoms with van der Waals surface area (Å²) in [5.74, 6) is 2.62. The van der Waals surface area contributed by atoms with Gasteiger partial charge in [-0.15, -0.1) is 0 Å². The van der Waals surface area contributed by atoms with Gasteiger partial charge >= 0.3 is 0 Å². The molecule has 0 amide bonds.